The molecule has 0 spiro atoms. The molecule has 0 unspecified atom stereocenters. The fourth-order valence-corrected chi connectivity index (χ4v) is 3.69. The molecule has 3 rings (SSSR count). The predicted molar refractivity (Wildman–Crippen MR) is 115 cm³/mol. The lowest BCUT2D eigenvalue weighted by Crippen LogP contribution is -2.34. The molecule has 1 heterocycles. The van der Waals surface area contributed by atoms with E-state index < -0.39 is 0 Å². The number of carbonyl (C=O) groups is 1. The van der Waals surface area contributed by atoms with Gasteiger partial charge in [-0.1, -0.05) is 53.7 Å². The van der Waals surface area contributed by atoms with E-state index in [9.17, 15) is 4.79 Å². The maximum absolute atomic E-state index is 12.3. The first-order chi connectivity index (χ1) is 13.5. The van der Waals surface area contributed by atoms with Gasteiger partial charge >= 0.3 is 0 Å². The van der Waals surface area contributed by atoms with E-state index in [2.05, 4.69) is 27.6 Å². The number of hydrogen-bond donors (Lipinski definition) is 1. The van der Waals surface area contributed by atoms with Gasteiger partial charge in [-0.25, -0.2) is 0 Å². The quantitative estimate of drug-likeness (QED) is 0.556. The SMILES string of the molecule is C[C@H](CCc1ccccc1)NC(=O)CSc1nnc(-c2ccc(Cl)cc2)n1C. The normalized spacial score (nSPS) is 12.0. The molecule has 1 aromatic heterocycles. The van der Waals surface area contributed by atoms with Crippen molar-refractivity contribution >= 4 is 29.3 Å². The number of benzene rings is 2. The van der Waals surface area contributed by atoms with E-state index in [1.807, 2.05) is 61.0 Å². The summed E-state index contributed by atoms with van der Waals surface area (Å²) >= 11 is 7.32. The van der Waals surface area contributed by atoms with Gasteiger partial charge in [-0.15, -0.1) is 10.2 Å². The molecule has 0 bridgehead atoms. The summed E-state index contributed by atoms with van der Waals surface area (Å²) in [5, 5.41) is 12.9. The topological polar surface area (TPSA) is 59.8 Å². The molecule has 0 aliphatic heterocycles. The highest BCUT2D eigenvalue weighted by Crippen LogP contribution is 2.23. The summed E-state index contributed by atoms with van der Waals surface area (Å²) in [6, 6.07) is 17.9. The van der Waals surface area contributed by atoms with Crippen LogP contribution in [0, 0.1) is 0 Å². The Bertz CT molecular complexity index is 912. The molecule has 0 saturated heterocycles. The lowest BCUT2D eigenvalue weighted by atomic mass is 10.1. The number of aromatic nitrogens is 3. The van der Waals surface area contributed by atoms with Crippen molar-refractivity contribution in [2.75, 3.05) is 5.75 Å². The van der Waals surface area contributed by atoms with E-state index in [1.165, 1.54) is 17.3 Å². The maximum atomic E-state index is 12.3. The second-order valence-electron chi connectivity index (χ2n) is 6.65. The number of hydrogen-bond acceptors (Lipinski definition) is 4. The van der Waals surface area contributed by atoms with Crippen LogP contribution in [0.4, 0.5) is 0 Å². The molecule has 0 radical (unpaired) electrons. The zero-order valence-electron chi connectivity index (χ0n) is 15.9. The van der Waals surface area contributed by atoms with Crippen molar-refractivity contribution in [3.8, 4) is 11.4 Å². The summed E-state index contributed by atoms with van der Waals surface area (Å²) in [5.74, 6) is 1.06. The van der Waals surface area contributed by atoms with Gasteiger partial charge in [0.15, 0.2) is 11.0 Å². The van der Waals surface area contributed by atoms with Crippen molar-refractivity contribution in [3.63, 3.8) is 0 Å². The van der Waals surface area contributed by atoms with Crippen molar-refractivity contribution in [3.05, 3.63) is 65.2 Å². The Kier molecular flexibility index (Phi) is 7.12. The summed E-state index contributed by atoms with van der Waals surface area (Å²) in [7, 11) is 1.90. The first-order valence-electron chi connectivity index (χ1n) is 9.14. The molecule has 7 heteroatoms. The number of rotatable bonds is 8. The minimum Gasteiger partial charge on any atom is -0.353 e. The molecule has 28 heavy (non-hydrogen) atoms. The molecule has 0 fully saturated rings. The summed E-state index contributed by atoms with van der Waals surface area (Å²) in [5.41, 5.74) is 2.22. The Morgan fingerprint density at radius 1 is 1.14 bits per heavy atom. The molecule has 0 saturated carbocycles. The first-order valence-corrected chi connectivity index (χ1v) is 10.5. The van der Waals surface area contributed by atoms with Crippen LogP contribution in [0.2, 0.25) is 5.02 Å². The molecule has 1 atom stereocenters. The number of amides is 1. The Balaban J connectivity index is 1.48. The van der Waals surface area contributed by atoms with Gasteiger partial charge in [0.1, 0.15) is 0 Å². The van der Waals surface area contributed by atoms with E-state index in [0.29, 0.717) is 15.9 Å². The van der Waals surface area contributed by atoms with Crippen LogP contribution in [-0.4, -0.2) is 32.5 Å². The largest absolute Gasteiger partial charge is 0.353 e. The molecule has 1 N–H and O–H groups in total. The van der Waals surface area contributed by atoms with Gasteiger partial charge in [-0.05, 0) is 49.6 Å². The van der Waals surface area contributed by atoms with Crippen molar-refractivity contribution in [1.29, 1.82) is 0 Å². The van der Waals surface area contributed by atoms with Crippen molar-refractivity contribution in [1.82, 2.24) is 20.1 Å². The van der Waals surface area contributed by atoms with Crippen LogP contribution in [-0.2, 0) is 18.3 Å². The monoisotopic (exact) mass is 414 g/mol. The second-order valence-corrected chi connectivity index (χ2v) is 8.03. The number of aryl methyl sites for hydroxylation is 1. The molecule has 2 aromatic carbocycles. The fraction of sp³-hybridized carbons (Fsp3) is 0.286. The lowest BCUT2D eigenvalue weighted by Gasteiger charge is -2.13. The molecule has 0 aliphatic rings. The van der Waals surface area contributed by atoms with E-state index in [1.54, 1.807) is 0 Å². The van der Waals surface area contributed by atoms with Crippen LogP contribution >= 0.6 is 23.4 Å². The molecule has 146 valence electrons. The number of halogens is 1. The summed E-state index contributed by atoms with van der Waals surface area (Å²) in [6.45, 7) is 2.03. The van der Waals surface area contributed by atoms with Gasteiger partial charge in [0.2, 0.25) is 5.91 Å². The third-order valence-electron chi connectivity index (χ3n) is 4.39. The summed E-state index contributed by atoms with van der Waals surface area (Å²) in [6.07, 6.45) is 1.86. The highest BCUT2D eigenvalue weighted by atomic mass is 35.5. The van der Waals surface area contributed by atoms with Gasteiger partial charge in [-0.3, -0.25) is 4.79 Å². The number of thioether (sulfide) groups is 1. The van der Waals surface area contributed by atoms with E-state index >= 15 is 0 Å². The van der Waals surface area contributed by atoms with E-state index in [0.717, 1.165) is 24.2 Å². The molecule has 5 nitrogen and oxygen atoms in total. The minimum atomic E-state index is 0.00149. The molecule has 0 aliphatic carbocycles. The fourth-order valence-electron chi connectivity index (χ4n) is 2.84. The highest BCUT2D eigenvalue weighted by Gasteiger charge is 2.14. The zero-order valence-corrected chi connectivity index (χ0v) is 17.5. The van der Waals surface area contributed by atoms with Gasteiger partial charge in [-0.2, -0.15) is 0 Å². The summed E-state index contributed by atoms with van der Waals surface area (Å²) < 4.78 is 1.89. The third-order valence-corrected chi connectivity index (χ3v) is 5.66. The second kappa shape index (κ2) is 9.75. The number of nitrogens with zero attached hydrogens (tertiary/aromatic N) is 3. The van der Waals surface area contributed by atoms with E-state index in [4.69, 9.17) is 11.6 Å². The average molecular weight is 415 g/mol. The highest BCUT2D eigenvalue weighted by molar-refractivity contribution is 7.99. The average Bonchev–Trinajstić information content (AvgIpc) is 3.07. The molecule has 3 aromatic rings. The number of carbonyl (C=O) groups excluding carboxylic acids is 1. The van der Waals surface area contributed by atoms with Gasteiger partial charge in [0, 0.05) is 23.7 Å². The number of nitrogens with one attached hydrogen (secondary N) is 1. The van der Waals surface area contributed by atoms with Crippen LogP contribution in [0.15, 0.2) is 59.8 Å². The lowest BCUT2D eigenvalue weighted by molar-refractivity contribution is -0.119. The summed E-state index contributed by atoms with van der Waals surface area (Å²) in [4.78, 5) is 12.3. The molecular weight excluding hydrogens is 392 g/mol. The third kappa shape index (κ3) is 5.59. The van der Waals surface area contributed by atoms with Crippen molar-refractivity contribution in [2.45, 2.75) is 31.0 Å². The smallest absolute Gasteiger partial charge is 0.230 e. The van der Waals surface area contributed by atoms with Crippen molar-refractivity contribution in [2.24, 2.45) is 7.05 Å². The Morgan fingerprint density at radius 2 is 1.86 bits per heavy atom. The van der Waals surface area contributed by atoms with E-state index in [-0.39, 0.29) is 11.9 Å². The standard InChI is InChI=1S/C21H23ClN4OS/c1-15(8-9-16-6-4-3-5-7-16)23-19(27)14-28-21-25-24-20(26(21)2)17-10-12-18(22)13-11-17/h3-7,10-13,15H,8-9,14H2,1-2H3,(H,23,27)/t15-/m1/s1. The van der Waals surface area contributed by atoms with Crippen LogP contribution in [0.5, 0.6) is 0 Å². The molecule has 1 amide bonds. The Labute approximate surface area is 174 Å². The first kappa shape index (κ1) is 20.4. The van der Waals surface area contributed by atoms with Crippen LogP contribution in [0.3, 0.4) is 0 Å². The Morgan fingerprint density at radius 3 is 2.57 bits per heavy atom. The zero-order chi connectivity index (χ0) is 19.9. The molecular formula is C21H23ClN4OS. The van der Waals surface area contributed by atoms with Gasteiger partial charge < -0.3 is 9.88 Å². The predicted octanol–water partition coefficient (Wildman–Crippen LogP) is 4.37. The van der Waals surface area contributed by atoms with Gasteiger partial charge in [0.25, 0.3) is 0 Å². The minimum absolute atomic E-state index is 0.00149. The van der Waals surface area contributed by atoms with Crippen LogP contribution in [0.1, 0.15) is 18.9 Å². The van der Waals surface area contributed by atoms with Crippen molar-refractivity contribution < 1.29 is 4.79 Å². The van der Waals surface area contributed by atoms with Crippen LogP contribution < -0.4 is 5.32 Å². The van der Waals surface area contributed by atoms with Crippen LogP contribution in [0.25, 0.3) is 11.4 Å². The van der Waals surface area contributed by atoms with Gasteiger partial charge in [0.05, 0.1) is 5.75 Å². The maximum Gasteiger partial charge on any atom is 0.230 e. The Hall–Kier alpha value is -2.31.